The van der Waals surface area contributed by atoms with Crippen molar-refractivity contribution in [2.75, 3.05) is 0 Å². The van der Waals surface area contributed by atoms with E-state index in [1.54, 1.807) is 0 Å². The molecule has 1 aliphatic rings. The Morgan fingerprint density at radius 3 is 2.39 bits per heavy atom. The number of benzene rings is 2. The Bertz CT molecular complexity index is 538. The number of hydrogen-bond acceptors (Lipinski definition) is 1. The van der Waals surface area contributed by atoms with Crippen molar-refractivity contribution in [3.05, 3.63) is 69.3 Å². The lowest BCUT2D eigenvalue weighted by molar-refractivity contribution is 0.613. The van der Waals surface area contributed by atoms with E-state index >= 15 is 0 Å². The van der Waals surface area contributed by atoms with Gasteiger partial charge in [0, 0.05) is 9.61 Å². The van der Waals surface area contributed by atoms with Gasteiger partial charge in [0.1, 0.15) is 0 Å². The van der Waals surface area contributed by atoms with Crippen LogP contribution in [0.5, 0.6) is 0 Å². The highest BCUT2D eigenvalue weighted by Crippen LogP contribution is 2.53. The minimum atomic E-state index is 0.170. The number of nitrogens with two attached hydrogens (primary N) is 1. The minimum absolute atomic E-state index is 0.170. The van der Waals surface area contributed by atoms with E-state index in [-0.39, 0.29) is 6.04 Å². The average Bonchev–Trinajstić information content (AvgIpc) is 3.20. The van der Waals surface area contributed by atoms with E-state index in [9.17, 15) is 0 Å². The van der Waals surface area contributed by atoms with Crippen molar-refractivity contribution < 1.29 is 0 Å². The molecule has 1 aliphatic carbocycles. The smallest absolute Gasteiger partial charge is 0.0340 e. The maximum Gasteiger partial charge on any atom is 0.0340 e. The molecule has 18 heavy (non-hydrogen) atoms. The molecule has 0 amide bonds. The molecule has 1 nitrogen and oxygen atoms in total. The Balaban J connectivity index is 1.77. The van der Waals surface area contributed by atoms with Crippen molar-refractivity contribution in [2.24, 2.45) is 11.7 Å². The van der Waals surface area contributed by atoms with Crippen LogP contribution in [0.25, 0.3) is 0 Å². The molecule has 3 unspecified atom stereocenters. The zero-order valence-corrected chi connectivity index (χ0v) is 12.2. The fourth-order valence-corrected chi connectivity index (χ4v) is 3.42. The van der Waals surface area contributed by atoms with Gasteiger partial charge in [0.15, 0.2) is 0 Å². The Morgan fingerprint density at radius 2 is 1.67 bits per heavy atom. The molecule has 0 radical (unpaired) electrons. The number of rotatable bonds is 3. The second kappa shape index (κ2) is 5.02. The Morgan fingerprint density at radius 1 is 1.00 bits per heavy atom. The van der Waals surface area contributed by atoms with Crippen molar-refractivity contribution in [2.45, 2.75) is 18.4 Å². The first-order valence-corrected chi connectivity index (χ1v) is 7.40. The summed E-state index contributed by atoms with van der Waals surface area (Å²) in [4.78, 5) is 0. The molecule has 2 N–H and O–H groups in total. The molecule has 0 aliphatic heterocycles. The van der Waals surface area contributed by atoms with Crippen molar-refractivity contribution in [1.29, 1.82) is 0 Å². The largest absolute Gasteiger partial charge is 0.324 e. The van der Waals surface area contributed by atoms with E-state index in [1.807, 2.05) is 0 Å². The van der Waals surface area contributed by atoms with Crippen LogP contribution in [0.15, 0.2) is 54.6 Å². The molecule has 2 heteroatoms. The third kappa shape index (κ3) is 2.31. The van der Waals surface area contributed by atoms with Crippen LogP contribution in [-0.4, -0.2) is 0 Å². The molecule has 92 valence electrons. The maximum atomic E-state index is 6.42. The van der Waals surface area contributed by atoms with Crippen LogP contribution < -0.4 is 5.73 Å². The van der Waals surface area contributed by atoms with Gasteiger partial charge in [0.2, 0.25) is 0 Å². The number of halogens is 1. The fraction of sp³-hybridized carbons (Fsp3) is 0.250. The zero-order valence-electron chi connectivity index (χ0n) is 10.1. The molecule has 0 spiro atoms. The normalized spacial score (nSPS) is 23.7. The predicted octanol–water partition coefficient (Wildman–Crippen LogP) is 4.09. The molecule has 2 aromatic carbocycles. The summed E-state index contributed by atoms with van der Waals surface area (Å²) in [5.74, 6) is 1.25. The lowest BCUT2D eigenvalue weighted by Crippen LogP contribution is -2.14. The fourth-order valence-electron chi connectivity index (χ4n) is 2.67. The third-order valence-electron chi connectivity index (χ3n) is 3.79. The Kier molecular flexibility index (Phi) is 3.39. The van der Waals surface area contributed by atoms with Gasteiger partial charge in [-0.1, -0.05) is 48.5 Å². The molecule has 1 fully saturated rings. The summed E-state index contributed by atoms with van der Waals surface area (Å²) < 4.78 is 1.28. The summed E-state index contributed by atoms with van der Waals surface area (Å²) in [6.45, 7) is 0. The van der Waals surface area contributed by atoms with Crippen LogP contribution in [0.1, 0.15) is 29.5 Å². The Hall–Kier alpha value is -0.870. The summed E-state index contributed by atoms with van der Waals surface area (Å²) in [5, 5.41) is 0. The monoisotopic (exact) mass is 349 g/mol. The van der Waals surface area contributed by atoms with Gasteiger partial charge in [-0.15, -0.1) is 0 Å². The molecule has 2 aromatic rings. The molecule has 1 saturated carbocycles. The maximum absolute atomic E-state index is 6.42. The first-order valence-electron chi connectivity index (χ1n) is 6.32. The predicted molar refractivity (Wildman–Crippen MR) is 83.4 cm³/mol. The molecule has 0 saturated heterocycles. The van der Waals surface area contributed by atoms with Gasteiger partial charge in [-0.05, 0) is 58.0 Å². The van der Waals surface area contributed by atoms with Crippen LogP contribution in [-0.2, 0) is 0 Å². The van der Waals surface area contributed by atoms with E-state index in [0.29, 0.717) is 11.8 Å². The van der Waals surface area contributed by atoms with Crippen LogP contribution in [0, 0.1) is 9.49 Å². The van der Waals surface area contributed by atoms with Crippen LogP contribution in [0.3, 0.4) is 0 Å². The van der Waals surface area contributed by atoms with Crippen molar-refractivity contribution in [3.63, 3.8) is 0 Å². The van der Waals surface area contributed by atoms with E-state index in [1.165, 1.54) is 21.1 Å². The molecule has 0 heterocycles. The molecular formula is C16H16IN. The standard InChI is InChI=1S/C16H16IN/c17-15-9-5-4-8-12(15)16(18)14-10-13(14)11-6-2-1-3-7-11/h1-9,13-14,16H,10,18H2. The first kappa shape index (κ1) is 12.2. The van der Waals surface area contributed by atoms with Crippen molar-refractivity contribution in [1.82, 2.24) is 0 Å². The van der Waals surface area contributed by atoms with Crippen LogP contribution in [0.2, 0.25) is 0 Å². The van der Waals surface area contributed by atoms with E-state index in [4.69, 9.17) is 5.73 Å². The highest BCUT2D eigenvalue weighted by Gasteiger charge is 2.43. The Labute approximate surface area is 122 Å². The molecular weight excluding hydrogens is 333 g/mol. The minimum Gasteiger partial charge on any atom is -0.324 e. The SMILES string of the molecule is NC(c1ccccc1I)C1CC1c1ccccc1. The number of hydrogen-bond donors (Lipinski definition) is 1. The lowest BCUT2D eigenvalue weighted by Gasteiger charge is -2.13. The molecule has 3 rings (SSSR count). The van der Waals surface area contributed by atoms with Gasteiger partial charge in [-0.3, -0.25) is 0 Å². The summed E-state index contributed by atoms with van der Waals surface area (Å²) in [6, 6.07) is 19.3. The lowest BCUT2D eigenvalue weighted by atomic mass is 10.00. The summed E-state index contributed by atoms with van der Waals surface area (Å²) in [6.07, 6.45) is 1.22. The van der Waals surface area contributed by atoms with Crippen LogP contribution in [0.4, 0.5) is 0 Å². The van der Waals surface area contributed by atoms with Gasteiger partial charge >= 0.3 is 0 Å². The van der Waals surface area contributed by atoms with Gasteiger partial charge in [0.05, 0.1) is 0 Å². The second-order valence-corrected chi connectivity index (χ2v) is 6.13. The average molecular weight is 349 g/mol. The topological polar surface area (TPSA) is 26.0 Å². The van der Waals surface area contributed by atoms with Gasteiger partial charge < -0.3 is 5.73 Å². The van der Waals surface area contributed by atoms with E-state index in [0.717, 1.165) is 0 Å². The summed E-state index contributed by atoms with van der Waals surface area (Å²) in [7, 11) is 0. The summed E-state index contributed by atoms with van der Waals surface area (Å²) in [5.41, 5.74) is 9.15. The highest BCUT2D eigenvalue weighted by atomic mass is 127. The van der Waals surface area contributed by atoms with Gasteiger partial charge in [-0.2, -0.15) is 0 Å². The molecule has 3 atom stereocenters. The van der Waals surface area contributed by atoms with E-state index < -0.39 is 0 Å². The van der Waals surface area contributed by atoms with Gasteiger partial charge in [0.25, 0.3) is 0 Å². The molecule has 0 aromatic heterocycles. The third-order valence-corrected chi connectivity index (χ3v) is 4.78. The second-order valence-electron chi connectivity index (χ2n) is 4.96. The quantitative estimate of drug-likeness (QED) is 0.830. The van der Waals surface area contributed by atoms with Crippen LogP contribution >= 0.6 is 22.6 Å². The van der Waals surface area contributed by atoms with Gasteiger partial charge in [-0.25, -0.2) is 0 Å². The first-order chi connectivity index (χ1) is 8.77. The van der Waals surface area contributed by atoms with Crippen molar-refractivity contribution >= 4 is 22.6 Å². The van der Waals surface area contributed by atoms with Crippen molar-refractivity contribution in [3.8, 4) is 0 Å². The summed E-state index contributed by atoms with van der Waals surface area (Å²) >= 11 is 2.38. The van der Waals surface area contributed by atoms with E-state index in [2.05, 4.69) is 77.2 Å². The highest BCUT2D eigenvalue weighted by molar-refractivity contribution is 14.1. The molecule has 0 bridgehead atoms. The zero-order chi connectivity index (χ0) is 12.5.